The highest BCUT2D eigenvalue weighted by atomic mass is 19.4. The first-order chi connectivity index (χ1) is 22.5. The predicted octanol–water partition coefficient (Wildman–Crippen LogP) is 4.38. The number of ether oxygens (including phenoxy) is 4. The molecule has 6 rings (SSSR count). The average molecular weight is 656 g/mol. The minimum absolute atomic E-state index is 0.0425. The molecule has 2 aliphatic heterocycles. The second kappa shape index (κ2) is 13.0. The first-order valence-electron chi connectivity index (χ1n) is 14.8. The van der Waals surface area contributed by atoms with Crippen LogP contribution in [-0.2, 0) is 35.4 Å². The molecule has 0 bridgehead atoms. The number of carbonyl (C=O) groups is 2. The van der Waals surface area contributed by atoms with Gasteiger partial charge in [-0.15, -0.1) is 0 Å². The maximum atomic E-state index is 13.4. The van der Waals surface area contributed by atoms with Gasteiger partial charge < -0.3 is 38.4 Å². The molecule has 0 saturated carbocycles. The summed E-state index contributed by atoms with van der Waals surface area (Å²) < 4.78 is 63.2. The fourth-order valence-electron chi connectivity index (χ4n) is 5.57. The van der Waals surface area contributed by atoms with E-state index in [1.54, 1.807) is 29.2 Å². The van der Waals surface area contributed by atoms with Crippen LogP contribution in [0, 0.1) is 0 Å². The van der Waals surface area contributed by atoms with E-state index in [1.165, 1.54) is 26.4 Å². The molecule has 4 heterocycles. The minimum atomic E-state index is -4.50. The van der Waals surface area contributed by atoms with Crippen molar-refractivity contribution >= 4 is 28.7 Å². The predicted molar refractivity (Wildman–Crippen MR) is 162 cm³/mol. The number of halogens is 3. The Labute approximate surface area is 267 Å². The van der Waals surface area contributed by atoms with Crippen molar-refractivity contribution in [3.05, 3.63) is 71.0 Å². The highest BCUT2D eigenvalue weighted by molar-refractivity contribution is 5.95. The molecule has 248 valence electrons. The van der Waals surface area contributed by atoms with Crippen LogP contribution >= 0.6 is 0 Å². The van der Waals surface area contributed by atoms with Gasteiger partial charge in [-0.2, -0.15) is 18.2 Å². The number of piperazine rings is 1. The molecule has 12 nitrogen and oxygen atoms in total. The number of carboxylic acid groups (broad SMARTS) is 1. The number of hydrogen-bond donors (Lipinski definition) is 1. The number of methoxy groups -OCH3 is 2. The number of carboxylic acids is 1. The summed E-state index contributed by atoms with van der Waals surface area (Å²) in [4.78, 5) is 38.0. The Balaban J connectivity index is 1.15. The molecule has 0 unspecified atom stereocenters. The number of anilines is 1. The van der Waals surface area contributed by atoms with Crippen LogP contribution in [0.25, 0.3) is 11.0 Å². The van der Waals surface area contributed by atoms with Gasteiger partial charge in [0.25, 0.3) is 0 Å². The summed E-state index contributed by atoms with van der Waals surface area (Å²) in [5.74, 6) is 0.466. The third kappa shape index (κ3) is 6.75. The van der Waals surface area contributed by atoms with E-state index in [0.29, 0.717) is 60.2 Å². The molecule has 15 heteroatoms. The summed E-state index contributed by atoms with van der Waals surface area (Å²) in [6.45, 7) is 2.12. The van der Waals surface area contributed by atoms with Crippen LogP contribution in [0.2, 0.25) is 0 Å². The fraction of sp³-hybridized carbons (Fsp3) is 0.375. The standard InChI is InChI=1S/C32H32F3N5O7/c1-44-24-14-21(32(33,34)35)7-6-19(24)18-47-28-5-3-4-26(36-28)38-9-10-39(29(41)17-38)16-27-37-30-23(40(27)15-22-8-11-46-22)12-20(31(42)43)13-25(30)45-2/h3-7,12-14,22H,8-11,15-18H2,1-2H3,(H,42,43)/t22-/m0/s1. The van der Waals surface area contributed by atoms with E-state index in [2.05, 4.69) is 4.98 Å². The van der Waals surface area contributed by atoms with Crippen molar-refractivity contribution in [1.29, 1.82) is 0 Å². The van der Waals surface area contributed by atoms with Crippen molar-refractivity contribution in [1.82, 2.24) is 19.4 Å². The Bertz CT molecular complexity index is 1810. The number of rotatable bonds is 11. The molecular weight excluding hydrogens is 623 g/mol. The quantitative estimate of drug-likeness (QED) is 0.249. The third-order valence-electron chi connectivity index (χ3n) is 8.22. The van der Waals surface area contributed by atoms with Gasteiger partial charge in [0.2, 0.25) is 11.8 Å². The largest absolute Gasteiger partial charge is 0.496 e. The Morgan fingerprint density at radius 3 is 2.51 bits per heavy atom. The van der Waals surface area contributed by atoms with Gasteiger partial charge in [-0.3, -0.25) is 4.79 Å². The summed E-state index contributed by atoms with van der Waals surface area (Å²) in [7, 11) is 2.75. The summed E-state index contributed by atoms with van der Waals surface area (Å²) in [6.07, 6.45) is -3.68. The number of pyridine rings is 1. The lowest BCUT2D eigenvalue weighted by Gasteiger charge is -2.35. The summed E-state index contributed by atoms with van der Waals surface area (Å²) in [5.41, 5.74) is 0.765. The maximum Gasteiger partial charge on any atom is 0.416 e. The van der Waals surface area contributed by atoms with E-state index in [-0.39, 0.29) is 48.9 Å². The zero-order valence-corrected chi connectivity index (χ0v) is 25.6. The number of hydrogen-bond acceptors (Lipinski definition) is 9. The summed E-state index contributed by atoms with van der Waals surface area (Å²) in [5, 5.41) is 9.65. The monoisotopic (exact) mass is 655 g/mol. The molecule has 0 radical (unpaired) electrons. The van der Waals surface area contributed by atoms with Gasteiger partial charge in [0.05, 0.1) is 56.6 Å². The van der Waals surface area contributed by atoms with E-state index in [0.717, 1.165) is 18.6 Å². The fourth-order valence-corrected chi connectivity index (χ4v) is 5.57. The molecule has 2 aromatic heterocycles. The number of alkyl halides is 3. The number of carbonyl (C=O) groups excluding carboxylic acids is 1. The number of benzene rings is 2. The number of fused-ring (bicyclic) bond motifs is 1. The van der Waals surface area contributed by atoms with Gasteiger partial charge in [0.1, 0.15) is 35.3 Å². The molecule has 0 spiro atoms. The first kappa shape index (κ1) is 31.9. The van der Waals surface area contributed by atoms with Crippen molar-refractivity contribution in [3.8, 4) is 17.4 Å². The molecule has 1 N–H and O–H groups in total. The van der Waals surface area contributed by atoms with Gasteiger partial charge in [0, 0.05) is 31.3 Å². The molecule has 2 fully saturated rings. The summed E-state index contributed by atoms with van der Waals surface area (Å²) >= 11 is 0. The van der Waals surface area contributed by atoms with Crippen molar-refractivity contribution in [2.45, 2.75) is 38.4 Å². The minimum Gasteiger partial charge on any atom is -0.496 e. The second-order valence-electron chi connectivity index (χ2n) is 11.2. The Morgan fingerprint density at radius 2 is 1.85 bits per heavy atom. The van der Waals surface area contributed by atoms with E-state index in [9.17, 15) is 27.9 Å². The lowest BCUT2D eigenvalue weighted by Crippen LogP contribution is -2.50. The average Bonchev–Trinajstić information content (AvgIpc) is 3.38. The first-order valence-corrected chi connectivity index (χ1v) is 14.8. The van der Waals surface area contributed by atoms with Crippen LogP contribution in [0.5, 0.6) is 17.4 Å². The van der Waals surface area contributed by atoms with Crippen LogP contribution in [0.4, 0.5) is 19.0 Å². The van der Waals surface area contributed by atoms with Crippen molar-refractivity contribution in [3.63, 3.8) is 0 Å². The number of imidazole rings is 1. The van der Waals surface area contributed by atoms with Gasteiger partial charge in [-0.05, 0) is 36.8 Å². The van der Waals surface area contributed by atoms with Crippen LogP contribution in [0.3, 0.4) is 0 Å². The lowest BCUT2D eigenvalue weighted by molar-refractivity contribution is -0.137. The molecule has 2 saturated heterocycles. The van der Waals surface area contributed by atoms with Crippen molar-refractivity contribution in [2.24, 2.45) is 0 Å². The van der Waals surface area contributed by atoms with Gasteiger partial charge in [-0.25, -0.2) is 9.78 Å². The number of aromatic carboxylic acids is 1. The van der Waals surface area contributed by atoms with Crippen LogP contribution in [0.1, 0.15) is 33.7 Å². The topological polar surface area (TPSA) is 128 Å². The number of amides is 1. The molecule has 1 amide bonds. The third-order valence-corrected chi connectivity index (χ3v) is 8.22. The van der Waals surface area contributed by atoms with Crippen molar-refractivity contribution in [2.75, 3.05) is 45.4 Å². The van der Waals surface area contributed by atoms with E-state index >= 15 is 0 Å². The van der Waals surface area contributed by atoms with Crippen LogP contribution < -0.4 is 19.1 Å². The molecule has 4 aromatic rings. The lowest BCUT2D eigenvalue weighted by atomic mass is 10.1. The highest BCUT2D eigenvalue weighted by Gasteiger charge is 2.32. The molecule has 0 aliphatic carbocycles. The van der Waals surface area contributed by atoms with E-state index in [1.807, 2.05) is 9.47 Å². The highest BCUT2D eigenvalue weighted by Crippen LogP contribution is 2.34. The Morgan fingerprint density at radius 1 is 1.06 bits per heavy atom. The van der Waals surface area contributed by atoms with Gasteiger partial charge >= 0.3 is 12.1 Å². The molecule has 2 aromatic carbocycles. The smallest absolute Gasteiger partial charge is 0.416 e. The zero-order valence-electron chi connectivity index (χ0n) is 25.6. The molecule has 2 aliphatic rings. The number of nitrogens with zero attached hydrogens (tertiary/aromatic N) is 5. The van der Waals surface area contributed by atoms with Crippen LogP contribution in [0.15, 0.2) is 48.5 Å². The normalized spacial score (nSPS) is 16.7. The molecule has 47 heavy (non-hydrogen) atoms. The maximum absolute atomic E-state index is 13.4. The van der Waals surface area contributed by atoms with Crippen molar-refractivity contribution < 1.29 is 46.8 Å². The van der Waals surface area contributed by atoms with Crippen LogP contribution in [-0.4, -0.2) is 83.0 Å². The Kier molecular flexibility index (Phi) is 8.82. The SMILES string of the molecule is COc1cc(C(F)(F)F)ccc1COc1cccc(N2CCN(Cc3nc4c(OC)cc(C(=O)O)cc4n3C[C@@H]3CCO3)C(=O)C2)n1. The number of aromatic nitrogens is 3. The van der Waals surface area contributed by atoms with E-state index in [4.69, 9.17) is 23.9 Å². The second-order valence-corrected chi connectivity index (χ2v) is 11.2. The summed E-state index contributed by atoms with van der Waals surface area (Å²) in [6, 6.07) is 11.3. The zero-order chi connectivity index (χ0) is 33.3. The van der Waals surface area contributed by atoms with Gasteiger partial charge in [-0.1, -0.05) is 12.1 Å². The van der Waals surface area contributed by atoms with Gasteiger partial charge in [0.15, 0.2) is 0 Å². The Hall–Kier alpha value is -5.05. The van der Waals surface area contributed by atoms with E-state index < -0.39 is 17.7 Å². The molecular formula is C32H32F3N5O7. The molecule has 1 atom stereocenters.